The molecule has 0 radical (unpaired) electrons. The lowest BCUT2D eigenvalue weighted by molar-refractivity contribution is 0.119. The molecule has 0 aliphatic heterocycles. The lowest BCUT2D eigenvalue weighted by Crippen LogP contribution is -2.18. The van der Waals surface area contributed by atoms with Crippen molar-refractivity contribution >= 4 is 23.2 Å². The van der Waals surface area contributed by atoms with Gasteiger partial charge < -0.3 is 15.0 Å². The van der Waals surface area contributed by atoms with Crippen LogP contribution < -0.4 is 5.73 Å². The standard InChI is InChI=1S/C13H15Cl2N3O2/c1-2-5-19-7-11(16)12-17-13(20-18-12)9-6-8(14)3-4-10(9)15/h3-4,6,11H,2,5,7,16H2,1H3. The predicted molar refractivity (Wildman–Crippen MR) is 77.8 cm³/mol. The molecule has 20 heavy (non-hydrogen) atoms. The summed E-state index contributed by atoms with van der Waals surface area (Å²) < 4.78 is 10.5. The molecule has 2 aromatic rings. The minimum absolute atomic E-state index is 0.290. The number of hydrogen-bond acceptors (Lipinski definition) is 5. The van der Waals surface area contributed by atoms with E-state index in [9.17, 15) is 0 Å². The summed E-state index contributed by atoms with van der Waals surface area (Å²) >= 11 is 12.0. The molecule has 0 saturated heterocycles. The summed E-state index contributed by atoms with van der Waals surface area (Å²) in [4.78, 5) is 4.24. The lowest BCUT2D eigenvalue weighted by atomic mass is 10.2. The molecule has 1 aromatic heterocycles. The smallest absolute Gasteiger partial charge is 0.259 e. The molecule has 2 rings (SSSR count). The zero-order valence-corrected chi connectivity index (χ0v) is 12.5. The van der Waals surface area contributed by atoms with Crippen LogP contribution in [0.5, 0.6) is 0 Å². The van der Waals surface area contributed by atoms with Crippen LogP contribution in [0.2, 0.25) is 10.0 Å². The molecule has 1 unspecified atom stereocenters. The first-order valence-electron chi connectivity index (χ1n) is 6.24. The SMILES string of the molecule is CCCOCC(N)c1noc(-c2cc(Cl)ccc2Cl)n1. The van der Waals surface area contributed by atoms with E-state index in [1.54, 1.807) is 18.2 Å². The van der Waals surface area contributed by atoms with Crippen molar-refractivity contribution in [3.8, 4) is 11.5 Å². The molecule has 7 heteroatoms. The summed E-state index contributed by atoms with van der Waals surface area (Å²) in [5.41, 5.74) is 6.51. The molecule has 1 aromatic carbocycles. The summed E-state index contributed by atoms with van der Waals surface area (Å²) in [6, 6.07) is 4.60. The van der Waals surface area contributed by atoms with Crippen LogP contribution in [0.25, 0.3) is 11.5 Å². The number of nitrogens with zero attached hydrogens (tertiary/aromatic N) is 2. The van der Waals surface area contributed by atoms with Crippen molar-refractivity contribution < 1.29 is 9.26 Å². The van der Waals surface area contributed by atoms with Gasteiger partial charge in [-0.3, -0.25) is 0 Å². The van der Waals surface area contributed by atoms with Gasteiger partial charge in [-0.2, -0.15) is 4.98 Å². The molecular weight excluding hydrogens is 301 g/mol. The zero-order chi connectivity index (χ0) is 14.5. The second kappa shape index (κ2) is 7.04. The van der Waals surface area contributed by atoms with Crippen molar-refractivity contribution in [3.63, 3.8) is 0 Å². The second-order valence-electron chi connectivity index (χ2n) is 4.26. The van der Waals surface area contributed by atoms with E-state index >= 15 is 0 Å². The van der Waals surface area contributed by atoms with E-state index in [0.29, 0.717) is 40.5 Å². The number of nitrogens with two attached hydrogens (primary N) is 1. The van der Waals surface area contributed by atoms with Crippen molar-refractivity contribution in [3.05, 3.63) is 34.1 Å². The summed E-state index contributed by atoms with van der Waals surface area (Å²) in [7, 11) is 0. The number of hydrogen-bond donors (Lipinski definition) is 1. The number of halogens is 2. The number of ether oxygens (including phenoxy) is 1. The zero-order valence-electron chi connectivity index (χ0n) is 11.0. The fourth-order valence-corrected chi connectivity index (χ4v) is 1.96. The third kappa shape index (κ3) is 3.70. The maximum atomic E-state index is 6.08. The second-order valence-corrected chi connectivity index (χ2v) is 5.11. The Kier molecular flexibility index (Phi) is 5.37. The Morgan fingerprint density at radius 1 is 1.40 bits per heavy atom. The Morgan fingerprint density at radius 3 is 2.95 bits per heavy atom. The maximum absolute atomic E-state index is 6.08. The Labute approximate surface area is 127 Å². The highest BCUT2D eigenvalue weighted by Gasteiger charge is 2.17. The first-order chi connectivity index (χ1) is 9.61. The van der Waals surface area contributed by atoms with Crippen LogP contribution >= 0.6 is 23.2 Å². The lowest BCUT2D eigenvalue weighted by Gasteiger charge is -2.06. The van der Waals surface area contributed by atoms with E-state index in [4.69, 9.17) is 38.2 Å². The predicted octanol–water partition coefficient (Wildman–Crippen LogP) is 3.47. The summed E-state index contributed by atoms with van der Waals surface area (Å²) in [6.07, 6.45) is 0.933. The van der Waals surface area contributed by atoms with Gasteiger partial charge in [0, 0.05) is 11.6 Å². The van der Waals surface area contributed by atoms with Gasteiger partial charge in [0.25, 0.3) is 5.89 Å². The third-order valence-electron chi connectivity index (χ3n) is 2.58. The Balaban J connectivity index is 2.14. The van der Waals surface area contributed by atoms with Crippen molar-refractivity contribution in [2.45, 2.75) is 19.4 Å². The van der Waals surface area contributed by atoms with Gasteiger partial charge in [-0.25, -0.2) is 0 Å². The molecule has 0 aliphatic carbocycles. The van der Waals surface area contributed by atoms with Gasteiger partial charge in [0.05, 0.1) is 23.2 Å². The Hall–Kier alpha value is -1.14. The highest BCUT2D eigenvalue weighted by atomic mass is 35.5. The molecule has 0 bridgehead atoms. The van der Waals surface area contributed by atoms with Gasteiger partial charge in [0.1, 0.15) is 0 Å². The molecule has 0 spiro atoms. The summed E-state index contributed by atoms with van der Waals surface area (Å²) in [5, 5.41) is 4.88. The van der Waals surface area contributed by atoms with Crippen LogP contribution in [-0.4, -0.2) is 23.4 Å². The van der Waals surface area contributed by atoms with E-state index in [1.807, 2.05) is 6.92 Å². The Morgan fingerprint density at radius 2 is 2.20 bits per heavy atom. The Bertz CT molecular complexity index is 574. The minimum atomic E-state index is -0.433. The van der Waals surface area contributed by atoms with Crippen molar-refractivity contribution in [2.75, 3.05) is 13.2 Å². The molecule has 108 valence electrons. The highest BCUT2D eigenvalue weighted by molar-refractivity contribution is 6.35. The van der Waals surface area contributed by atoms with Gasteiger partial charge in [-0.05, 0) is 24.6 Å². The average Bonchev–Trinajstić information content (AvgIpc) is 2.91. The largest absolute Gasteiger partial charge is 0.379 e. The van der Waals surface area contributed by atoms with E-state index in [-0.39, 0.29) is 0 Å². The van der Waals surface area contributed by atoms with Crippen LogP contribution in [0.3, 0.4) is 0 Å². The van der Waals surface area contributed by atoms with E-state index in [1.165, 1.54) is 0 Å². The van der Waals surface area contributed by atoms with Crippen LogP contribution in [0.15, 0.2) is 22.7 Å². The van der Waals surface area contributed by atoms with E-state index in [2.05, 4.69) is 10.1 Å². The van der Waals surface area contributed by atoms with Crippen LogP contribution in [0.4, 0.5) is 0 Å². The van der Waals surface area contributed by atoms with Crippen LogP contribution in [0, 0.1) is 0 Å². The molecule has 0 fully saturated rings. The topological polar surface area (TPSA) is 74.2 Å². The fourth-order valence-electron chi connectivity index (χ4n) is 1.59. The number of aromatic nitrogens is 2. The van der Waals surface area contributed by atoms with Crippen molar-refractivity contribution in [1.29, 1.82) is 0 Å². The average molecular weight is 316 g/mol. The van der Waals surface area contributed by atoms with Gasteiger partial charge in [0.2, 0.25) is 0 Å². The molecule has 0 saturated carbocycles. The summed E-state index contributed by atoms with van der Waals surface area (Å²) in [5.74, 6) is 0.672. The minimum Gasteiger partial charge on any atom is -0.379 e. The van der Waals surface area contributed by atoms with Crippen LogP contribution in [-0.2, 0) is 4.74 Å². The third-order valence-corrected chi connectivity index (χ3v) is 3.14. The molecule has 1 heterocycles. The number of rotatable bonds is 6. The number of benzene rings is 1. The van der Waals surface area contributed by atoms with Gasteiger partial charge in [0.15, 0.2) is 5.82 Å². The molecule has 5 nitrogen and oxygen atoms in total. The molecule has 0 amide bonds. The van der Waals surface area contributed by atoms with E-state index < -0.39 is 6.04 Å². The normalized spacial score (nSPS) is 12.6. The molecule has 0 aliphatic rings. The first kappa shape index (κ1) is 15.3. The van der Waals surface area contributed by atoms with Gasteiger partial charge in [-0.1, -0.05) is 35.3 Å². The maximum Gasteiger partial charge on any atom is 0.259 e. The molecule has 2 N–H and O–H groups in total. The summed E-state index contributed by atoms with van der Waals surface area (Å²) in [6.45, 7) is 3.02. The van der Waals surface area contributed by atoms with Gasteiger partial charge >= 0.3 is 0 Å². The monoisotopic (exact) mass is 315 g/mol. The fraction of sp³-hybridized carbons (Fsp3) is 0.385. The van der Waals surface area contributed by atoms with Crippen LogP contribution in [0.1, 0.15) is 25.2 Å². The van der Waals surface area contributed by atoms with Crippen molar-refractivity contribution in [1.82, 2.24) is 10.1 Å². The van der Waals surface area contributed by atoms with E-state index in [0.717, 1.165) is 6.42 Å². The highest BCUT2D eigenvalue weighted by Crippen LogP contribution is 2.29. The molecule has 1 atom stereocenters. The first-order valence-corrected chi connectivity index (χ1v) is 6.99. The quantitative estimate of drug-likeness (QED) is 0.826. The van der Waals surface area contributed by atoms with Gasteiger partial charge in [-0.15, -0.1) is 0 Å². The van der Waals surface area contributed by atoms with Crippen molar-refractivity contribution in [2.24, 2.45) is 5.73 Å². The molecular formula is C13H15Cl2N3O2.